The van der Waals surface area contributed by atoms with Crippen molar-refractivity contribution < 1.29 is 24.2 Å². The summed E-state index contributed by atoms with van der Waals surface area (Å²) in [5.74, 6) is -0.484. The quantitative estimate of drug-likeness (QED) is 0.212. The summed E-state index contributed by atoms with van der Waals surface area (Å²) in [6.07, 6.45) is 4.91. The molecule has 1 aliphatic rings. The Morgan fingerprint density at radius 3 is 2.49 bits per heavy atom. The van der Waals surface area contributed by atoms with Gasteiger partial charge in [0.05, 0.1) is 18.2 Å². The van der Waals surface area contributed by atoms with E-state index >= 15 is 0 Å². The highest BCUT2D eigenvalue weighted by atomic mass is 16.5. The second-order valence-corrected chi connectivity index (χ2v) is 7.91. The molecule has 7 heteroatoms. The van der Waals surface area contributed by atoms with Gasteiger partial charge in [0.15, 0.2) is 0 Å². The third kappa shape index (κ3) is 5.09. The average Bonchev–Trinajstić information content (AvgIpc) is 3.13. The number of ether oxygens (including phenoxy) is 2. The first-order valence-electron chi connectivity index (χ1n) is 11.3. The van der Waals surface area contributed by atoms with Crippen LogP contribution in [-0.2, 0) is 16.1 Å². The average molecular weight is 471 g/mol. The Morgan fingerprint density at radius 1 is 1.06 bits per heavy atom. The van der Waals surface area contributed by atoms with E-state index in [1.165, 1.54) is 4.90 Å². The number of rotatable bonds is 9. The summed E-state index contributed by atoms with van der Waals surface area (Å²) in [5, 5.41) is 11.3. The smallest absolute Gasteiger partial charge is 0.295 e. The van der Waals surface area contributed by atoms with Crippen molar-refractivity contribution in [1.82, 2.24) is 9.88 Å². The highest BCUT2D eigenvalue weighted by Gasteiger charge is 2.46. The van der Waals surface area contributed by atoms with Gasteiger partial charge in [0.1, 0.15) is 23.9 Å². The van der Waals surface area contributed by atoms with E-state index in [-0.39, 0.29) is 17.9 Å². The molecule has 1 aromatic heterocycles. The molecular formula is C28H26N2O5. The summed E-state index contributed by atoms with van der Waals surface area (Å²) in [6.45, 7) is 6.50. The van der Waals surface area contributed by atoms with Crippen LogP contribution in [0, 0.1) is 0 Å². The normalized spacial score (nSPS) is 16.8. The Labute approximate surface area is 203 Å². The van der Waals surface area contributed by atoms with E-state index in [9.17, 15) is 14.7 Å². The molecule has 2 aromatic carbocycles. The number of Topliss-reactive ketones (excluding diaryl/α,β-unsaturated/α-hetero) is 1. The lowest BCUT2D eigenvalue weighted by molar-refractivity contribution is -0.140. The minimum Gasteiger partial charge on any atom is -0.507 e. The largest absolute Gasteiger partial charge is 0.507 e. The van der Waals surface area contributed by atoms with E-state index in [1.54, 1.807) is 79.1 Å². The molecule has 1 unspecified atom stereocenters. The molecule has 0 spiro atoms. The Hall–Kier alpha value is -4.39. The molecule has 1 atom stereocenters. The van der Waals surface area contributed by atoms with Gasteiger partial charge >= 0.3 is 0 Å². The predicted molar refractivity (Wildman–Crippen MR) is 132 cm³/mol. The number of pyridine rings is 1. The predicted octanol–water partition coefficient (Wildman–Crippen LogP) is 4.67. The van der Waals surface area contributed by atoms with Gasteiger partial charge < -0.3 is 19.5 Å². The van der Waals surface area contributed by atoms with E-state index in [4.69, 9.17) is 9.47 Å². The molecule has 178 valence electrons. The Balaban J connectivity index is 1.81. The summed E-state index contributed by atoms with van der Waals surface area (Å²) < 4.78 is 11.1. The lowest BCUT2D eigenvalue weighted by Crippen LogP contribution is -2.29. The van der Waals surface area contributed by atoms with Gasteiger partial charge in [-0.25, -0.2) is 0 Å². The van der Waals surface area contributed by atoms with Crippen molar-refractivity contribution in [3.8, 4) is 11.5 Å². The van der Waals surface area contributed by atoms with Crippen LogP contribution in [0.3, 0.4) is 0 Å². The number of aliphatic hydroxyl groups excluding tert-OH is 1. The van der Waals surface area contributed by atoms with Gasteiger partial charge in [0, 0.05) is 24.5 Å². The molecule has 1 aliphatic heterocycles. The third-order valence-electron chi connectivity index (χ3n) is 5.62. The van der Waals surface area contributed by atoms with Gasteiger partial charge in [-0.1, -0.05) is 36.9 Å². The van der Waals surface area contributed by atoms with Crippen LogP contribution in [0.5, 0.6) is 11.5 Å². The van der Waals surface area contributed by atoms with Crippen LogP contribution in [0.25, 0.3) is 5.76 Å². The maximum absolute atomic E-state index is 13.2. The van der Waals surface area contributed by atoms with Gasteiger partial charge in [0.2, 0.25) is 0 Å². The van der Waals surface area contributed by atoms with Gasteiger partial charge in [0.25, 0.3) is 11.7 Å². The van der Waals surface area contributed by atoms with Crippen molar-refractivity contribution in [2.24, 2.45) is 0 Å². The van der Waals surface area contributed by atoms with Gasteiger partial charge in [-0.2, -0.15) is 0 Å². The van der Waals surface area contributed by atoms with Crippen LogP contribution in [0.1, 0.15) is 29.7 Å². The van der Waals surface area contributed by atoms with Gasteiger partial charge in [-0.3, -0.25) is 14.6 Å². The van der Waals surface area contributed by atoms with Crippen molar-refractivity contribution in [1.29, 1.82) is 0 Å². The van der Waals surface area contributed by atoms with Crippen LogP contribution in [0.4, 0.5) is 0 Å². The first-order valence-corrected chi connectivity index (χ1v) is 11.3. The fraction of sp³-hybridized carbons (Fsp3) is 0.179. The van der Waals surface area contributed by atoms with Crippen LogP contribution in [0.15, 0.2) is 91.3 Å². The standard InChI is InChI=1S/C28H26N2O5/c1-3-16-35-22-10-8-20(9-11-22)25-24(26(31)21-6-5-7-23(17-21)34-4-2)27(32)28(33)30(25)18-19-12-14-29-15-13-19/h3,5-15,17,25,31H,1,4,16,18H2,2H3/b26-24+. The molecule has 1 saturated heterocycles. The number of hydrogen-bond donors (Lipinski definition) is 1. The van der Waals surface area contributed by atoms with Crippen molar-refractivity contribution in [3.05, 3.63) is 108 Å². The Bertz CT molecular complexity index is 1250. The van der Waals surface area contributed by atoms with Crippen LogP contribution < -0.4 is 9.47 Å². The second kappa shape index (κ2) is 10.7. The summed E-state index contributed by atoms with van der Waals surface area (Å²) in [5.41, 5.74) is 1.91. The van der Waals surface area contributed by atoms with E-state index in [0.29, 0.717) is 35.8 Å². The molecule has 2 heterocycles. The molecule has 7 nitrogen and oxygen atoms in total. The maximum Gasteiger partial charge on any atom is 0.295 e. The zero-order valence-corrected chi connectivity index (χ0v) is 19.4. The van der Waals surface area contributed by atoms with E-state index in [2.05, 4.69) is 11.6 Å². The van der Waals surface area contributed by atoms with Crippen LogP contribution in [0.2, 0.25) is 0 Å². The van der Waals surface area contributed by atoms with E-state index < -0.39 is 17.7 Å². The molecule has 0 saturated carbocycles. The van der Waals surface area contributed by atoms with Crippen molar-refractivity contribution in [3.63, 3.8) is 0 Å². The summed E-state index contributed by atoms with van der Waals surface area (Å²) in [4.78, 5) is 31.9. The number of carbonyl (C=O) groups is 2. The number of hydrogen-bond acceptors (Lipinski definition) is 6. The fourth-order valence-electron chi connectivity index (χ4n) is 4.03. The summed E-state index contributed by atoms with van der Waals surface area (Å²) in [6, 6.07) is 16.7. The molecule has 0 aliphatic carbocycles. The molecule has 1 fully saturated rings. The Morgan fingerprint density at radius 2 is 1.80 bits per heavy atom. The molecule has 0 bridgehead atoms. The second-order valence-electron chi connectivity index (χ2n) is 7.91. The Kier molecular flexibility index (Phi) is 7.26. The number of ketones is 1. The maximum atomic E-state index is 13.2. The molecule has 3 aromatic rings. The summed E-state index contributed by atoms with van der Waals surface area (Å²) in [7, 11) is 0. The number of aliphatic hydroxyl groups is 1. The monoisotopic (exact) mass is 470 g/mol. The number of amides is 1. The molecule has 0 radical (unpaired) electrons. The SMILES string of the molecule is C=CCOc1ccc(C2/C(=C(\O)c3cccc(OCC)c3)C(=O)C(=O)N2Cc2ccncc2)cc1. The number of carbonyl (C=O) groups excluding carboxylic acids is 2. The van der Waals surface area contributed by atoms with Crippen molar-refractivity contribution >= 4 is 17.4 Å². The van der Waals surface area contributed by atoms with Crippen LogP contribution in [-0.4, -0.2) is 39.9 Å². The van der Waals surface area contributed by atoms with Crippen LogP contribution >= 0.6 is 0 Å². The molecule has 1 N–H and O–H groups in total. The number of aromatic nitrogens is 1. The zero-order chi connectivity index (χ0) is 24.8. The topological polar surface area (TPSA) is 89.0 Å². The fourth-order valence-corrected chi connectivity index (χ4v) is 4.03. The highest BCUT2D eigenvalue weighted by Crippen LogP contribution is 2.41. The molecule has 35 heavy (non-hydrogen) atoms. The first kappa shape index (κ1) is 23.8. The summed E-state index contributed by atoms with van der Waals surface area (Å²) >= 11 is 0. The van der Waals surface area contributed by atoms with E-state index in [1.807, 2.05) is 6.92 Å². The lowest BCUT2D eigenvalue weighted by atomic mass is 9.95. The number of nitrogens with zero attached hydrogens (tertiary/aromatic N) is 2. The number of likely N-dealkylation sites (tertiary alicyclic amines) is 1. The minimum atomic E-state index is -0.785. The zero-order valence-electron chi connectivity index (χ0n) is 19.4. The number of benzene rings is 2. The third-order valence-corrected chi connectivity index (χ3v) is 5.62. The molecule has 4 rings (SSSR count). The van der Waals surface area contributed by atoms with Crippen molar-refractivity contribution in [2.75, 3.05) is 13.2 Å². The van der Waals surface area contributed by atoms with Gasteiger partial charge in [-0.15, -0.1) is 0 Å². The van der Waals surface area contributed by atoms with Crippen molar-refractivity contribution in [2.45, 2.75) is 19.5 Å². The highest BCUT2D eigenvalue weighted by molar-refractivity contribution is 6.46. The lowest BCUT2D eigenvalue weighted by Gasteiger charge is -2.25. The molecule has 1 amide bonds. The molecular weight excluding hydrogens is 444 g/mol. The van der Waals surface area contributed by atoms with Gasteiger partial charge in [-0.05, 0) is 54.4 Å². The first-order chi connectivity index (χ1) is 17.0. The van der Waals surface area contributed by atoms with E-state index in [0.717, 1.165) is 5.56 Å². The minimum absolute atomic E-state index is 0.0254.